The third-order valence-corrected chi connectivity index (χ3v) is 5.06. The summed E-state index contributed by atoms with van der Waals surface area (Å²) in [5.74, 6) is -2.11. The fraction of sp³-hybridized carbons (Fsp3) is 0.0769. The third kappa shape index (κ3) is 4.32. The molecule has 2 nitrogen and oxygen atoms in total. The van der Waals surface area contributed by atoms with Crippen molar-refractivity contribution in [2.75, 3.05) is 0 Å². The molecule has 0 aliphatic rings. The molecule has 0 amide bonds. The van der Waals surface area contributed by atoms with Crippen LogP contribution in [0.4, 0.5) is 13.2 Å². The molecule has 0 radical (unpaired) electrons. The van der Waals surface area contributed by atoms with Gasteiger partial charge in [-0.15, -0.1) is 0 Å². The van der Waals surface area contributed by atoms with E-state index in [9.17, 15) is 18.3 Å². The highest BCUT2D eigenvalue weighted by atomic mass is 19.2. The first-order chi connectivity index (χ1) is 14.9. The Morgan fingerprint density at radius 3 is 1.87 bits per heavy atom. The predicted octanol–water partition coefficient (Wildman–Crippen LogP) is 6.82. The summed E-state index contributed by atoms with van der Waals surface area (Å²) >= 11 is 0. The van der Waals surface area contributed by atoms with Crippen LogP contribution in [0.25, 0.3) is 22.3 Å². The van der Waals surface area contributed by atoms with Gasteiger partial charge in [-0.25, -0.2) is 13.2 Å². The van der Waals surface area contributed by atoms with E-state index in [0.717, 1.165) is 0 Å². The van der Waals surface area contributed by atoms with E-state index in [1.54, 1.807) is 79.7 Å². The maximum atomic E-state index is 14.8. The molecule has 31 heavy (non-hydrogen) atoms. The Morgan fingerprint density at radius 1 is 0.710 bits per heavy atom. The molecular formula is C26H19F3O2. The van der Waals surface area contributed by atoms with E-state index in [4.69, 9.17) is 4.74 Å². The molecule has 0 aromatic heterocycles. The summed E-state index contributed by atoms with van der Waals surface area (Å²) in [7, 11) is 0. The maximum absolute atomic E-state index is 14.8. The standard InChI is InChI=1S/C26H19F3O2/c1-16-7-12-20(15-23(16)27)31-26(30)19-10-8-18(9-11-19)22-14-13-21(24(28)25(22)29)17-5-3-2-4-6-17/h2-15,26,30H,1H3. The number of rotatable bonds is 5. The monoisotopic (exact) mass is 420 g/mol. The second kappa shape index (κ2) is 8.66. The molecule has 0 aliphatic heterocycles. The number of aryl methyl sites for hydroxylation is 1. The van der Waals surface area contributed by atoms with Crippen LogP contribution >= 0.6 is 0 Å². The van der Waals surface area contributed by atoms with E-state index >= 15 is 0 Å². The van der Waals surface area contributed by atoms with Crippen molar-refractivity contribution >= 4 is 0 Å². The molecular weight excluding hydrogens is 401 g/mol. The molecule has 0 spiro atoms. The van der Waals surface area contributed by atoms with E-state index < -0.39 is 23.7 Å². The van der Waals surface area contributed by atoms with Gasteiger partial charge in [-0.3, -0.25) is 0 Å². The first-order valence-corrected chi connectivity index (χ1v) is 9.68. The van der Waals surface area contributed by atoms with Crippen molar-refractivity contribution in [3.8, 4) is 28.0 Å². The van der Waals surface area contributed by atoms with Gasteiger partial charge in [0.2, 0.25) is 6.29 Å². The van der Waals surface area contributed by atoms with E-state index in [0.29, 0.717) is 22.3 Å². The van der Waals surface area contributed by atoms with Gasteiger partial charge >= 0.3 is 0 Å². The van der Waals surface area contributed by atoms with Gasteiger partial charge in [0, 0.05) is 22.8 Å². The summed E-state index contributed by atoms with van der Waals surface area (Å²) < 4.78 is 48.5. The number of benzene rings is 4. The molecule has 0 aliphatic carbocycles. The normalized spacial score (nSPS) is 11.9. The molecule has 0 saturated carbocycles. The van der Waals surface area contributed by atoms with Crippen LogP contribution in [0.15, 0.2) is 84.9 Å². The quantitative estimate of drug-likeness (QED) is 0.359. The largest absolute Gasteiger partial charge is 0.461 e. The first kappa shape index (κ1) is 20.7. The van der Waals surface area contributed by atoms with Crippen LogP contribution in [-0.2, 0) is 0 Å². The van der Waals surface area contributed by atoms with Crippen LogP contribution < -0.4 is 4.74 Å². The van der Waals surface area contributed by atoms with Crippen molar-refractivity contribution in [3.05, 3.63) is 114 Å². The zero-order valence-electron chi connectivity index (χ0n) is 16.6. The molecule has 156 valence electrons. The van der Waals surface area contributed by atoms with Gasteiger partial charge in [0.1, 0.15) is 11.6 Å². The van der Waals surface area contributed by atoms with Crippen molar-refractivity contribution in [1.29, 1.82) is 0 Å². The summed E-state index contributed by atoms with van der Waals surface area (Å²) in [6.07, 6.45) is -1.34. The smallest absolute Gasteiger partial charge is 0.224 e. The summed E-state index contributed by atoms with van der Waals surface area (Å²) in [6.45, 7) is 1.63. The van der Waals surface area contributed by atoms with Crippen molar-refractivity contribution < 1.29 is 23.0 Å². The van der Waals surface area contributed by atoms with Gasteiger partial charge in [-0.05, 0) is 29.7 Å². The fourth-order valence-electron chi connectivity index (χ4n) is 3.28. The Hall–Kier alpha value is -3.57. The highest BCUT2D eigenvalue weighted by Crippen LogP contribution is 2.32. The van der Waals surface area contributed by atoms with Crippen molar-refractivity contribution in [1.82, 2.24) is 0 Å². The first-order valence-electron chi connectivity index (χ1n) is 9.68. The van der Waals surface area contributed by atoms with Crippen LogP contribution in [0.5, 0.6) is 5.75 Å². The molecule has 1 N–H and O–H groups in total. The number of halogens is 3. The van der Waals surface area contributed by atoms with Crippen LogP contribution in [-0.4, -0.2) is 5.11 Å². The van der Waals surface area contributed by atoms with Gasteiger partial charge < -0.3 is 9.84 Å². The highest BCUT2D eigenvalue weighted by Gasteiger charge is 2.17. The zero-order chi connectivity index (χ0) is 22.0. The highest BCUT2D eigenvalue weighted by molar-refractivity contribution is 5.71. The second-order valence-electron chi connectivity index (χ2n) is 7.16. The molecule has 5 heteroatoms. The summed E-state index contributed by atoms with van der Waals surface area (Å²) in [4.78, 5) is 0. The molecule has 1 atom stereocenters. The summed E-state index contributed by atoms with van der Waals surface area (Å²) in [5, 5.41) is 10.3. The minimum absolute atomic E-state index is 0.111. The second-order valence-corrected chi connectivity index (χ2v) is 7.16. The molecule has 0 bridgehead atoms. The molecule has 0 saturated heterocycles. The zero-order valence-corrected chi connectivity index (χ0v) is 16.6. The lowest BCUT2D eigenvalue weighted by atomic mass is 9.98. The Balaban J connectivity index is 1.56. The molecule has 0 heterocycles. The average molecular weight is 420 g/mol. The lowest BCUT2D eigenvalue weighted by Gasteiger charge is -2.15. The maximum Gasteiger partial charge on any atom is 0.224 e. The molecule has 1 unspecified atom stereocenters. The van der Waals surface area contributed by atoms with Gasteiger partial charge in [0.25, 0.3) is 0 Å². The van der Waals surface area contributed by atoms with Gasteiger partial charge in [-0.1, -0.05) is 72.8 Å². The Kier molecular flexibility index (Phi) is 5.78. The van der Waals surface area contributed by atoms with E-state index in [1.165, 1.54) is 12.1 Å². The van der Waals surface area contributed by atoms with Crippen molar-refractivity contribution in [3.63, 3.8) is 0 Å². The molecule has 4 aromatic rings. The summed E-state index contributed by atoms with van der Waals surface area (Å²) in [5.41, 5.74) is 2.21. The molecule has 0 fully saturated rings. The minimum atomic E-state index is -1.34. The van der Waals surface area contributed by atoms with Gasteiger partial charge in [-0.2, -0.15) is 0 Å². The molecule has 4 rings (SSSR count). The van der Waals surface area contributed by atoms with Gasteiger partial charge in [0.05, 0.1) is 0 Å². The van der Waals surface area contributed by atoms with Crippen LogP contribution in [0.3, 0.4) is 0 Å². The Bertz CT molecular complexity index is 1210. The number of ether oxygens (including phenoxy) is 1. The SMILES string of the molecule is Cc1ccc(OC(O)c2ccc(-c3ccc(-c4ccccc4)c(F)c3F)cc2)cc1F. The number of aliphatic hydroxyl groups is 1. The molecule has 4 aromatic carbocycles. The average Bonchev–Trinajstić information content (AvgIpc) is 2.79. The van der Waals surface area contributed by atoms with Crippen LogP contribution in [0, 0.1) is 24.4 Å². The third-order valence-electron chi connectivity index (χ3n) is 5.06. The Morgan fingerprint density at radius 2 is 1.29 bits per heavy atom. The van der Waals surface area contributed by atoms with Crippen molar-refractivity contribution in [2.45, 2.75) is 13.2 Å². The number of aliphatic hydroxyl groups excluding tert-OH is 1. The minimum Gasteiger partial charge on any atom is -0.461 e. The van der Waals surface area contributed by atoms with E-state index in [1.807, 2.05) is 0 Å². The summed E-state index contributed by atoms with van der Waals surface area (Å²) in [6, 6.07) is 22.4. The van der Waals surface area contributed by atoms with Gasteiger partial charge in [0.15, 0.2) is 11.6 Å². The van der Waals surface area contributed by atoms with E-state index in [2.05, 4.69) is 0 Å². The van der Waals surface area contributed by atoms with Crippen LogP contribution in [0.1, 0.15) is 17.4 Å². The lowest BCUT2D eigenvalue weighted by Crippen LogP contribution is -2.06. The predicted molar refractivity (Wildman–Crippen MR) is 114 cm³/mol. The van der Waals surface area contributed by atoms with E-state index in [-0.39, 0.29) is 16.9 Å². The number of hydrogen-bond donors (Lipinski definition) is 1. The lowest BCUT2D eigenvalue weighted by molar-refractivity contribution is -0.0196. The van der Waals surface area contributed by atoms with Crippen molar-refractivity contribution in [2.24, 2.45) is 0 Å². The number of hydrogen-bond acceptors (Lipinski definition) is 2. The Labute approximate surface area is 178 Å². The fourth-order valence-corrected chi connectivity index (χ4v) is 3.28. The topological polar surface area (TPSA) is 29.5 Å². The van der Waals surface area contributed by atoms with Crippen LogP contribution in [0.2, 0.25) is 0 Å².